The van der Waals surface area contributed by atoms with Gasteiger partial charge < -0.3 is 10.4 Å². The van der Waals surface area contributed by atoms with Crippen LogP contribution in [0.1, 0.15) is 111 Å². The highest BCUT2D eigenvalue weighted by Crippen LogP contribution is 2.13. The topological polar surface area (TPSA) is 49.3 Å². The number of nitrogens with one attached hydrogen (secondary N) is 1. The van der Waals surface area contributed by atoms with E-state index in [1.165, 1.54) is 70.6 Å². The minimum absolute atomic E-state index is 0.0298. The fraction of sp³-hybridized carbons (Fsp3) is 0.952. The van der Waals surface area contributed by atoms with Gasteiger partial charge in [0.25, 0.3) is 0 Å². The van der Waals surface area contributed by atoms with Crippen LogP contribution in [-0.4, -0.2) is 23.7 Å². The van der Waals surface area contributed by atoms with Crippen molar-refractivity contribution in [1.82, 2.24) is 5.32 Å². The van der Waals surface area contributed by atoms with Crippen LogP contribution in [0.15, 0.2) is 0 Å². The monoisotopic (exact) mass is 341 g/mol. The third-order valence-electron chi connectivity index (χ3n) is 4.86. The highest BCUT2D eigenvalue weighted by atomic mass is 16.3. The fourth-order valence-corrected chi connectivity index (χ4v) is 3.01. The third kappa shape index (κ3) is 15.0. The first-order valence-electron chi connectivity index (χ1n) is 10.5. The molecule has 0 saturated heterocycles. The molecule has 0 aromatic heterocycles. The van der Waals surface area contributed by atoms with Crippen molar-refractivity contribution in [1.29, 1.82) is 0 Å². The fourth-order valence-electron chi connectivity index (χ4n) is 3.01. The molecule has 24 heavy (non-hydrogen) atoms. The molecule has 2 N–H and O–H groups in total. The van der Waals surface area contributed by atoms with E-state index < -0.39 is 0 Å². The highest BCUT2D eigenvalue weighted by Gasteiger charge is 2.14. The Morgan fingerprint density at radius 1 is 0.792 bits per heavy atom. The molecule has 0 bridgehead atoms. The first kappa shape index (κ1) is 23.4. The maximum atomic E-state index is 11.8. The second kappa shape index (κ2) is 17.3. The summed E-state index contributed by atoms with van der Waals surface area (Å²) < 4.78 is 0. The molecular weight excluding hydrogens is 298 g/mol. The lowest BCUT2D eigenvalue weighted by atomic mass is 10.0. The first-order chi connectivity index (χ1) is 11.6. The largest absolute Gasteiger partial charge is 0.394 e. The van der Waals surface area contributed by atoms with Gasteiger partial charge in [-0.2, -0.15) is 0 Å². The maximum absolute atomic E-state index is 11.8. The summed E-state index contributed by atoms with van der Waals surface area (Å²) in [5.74, 6) is 0.372. The van der Waals surface area contributed by atoms with Gasteiger partial charge in [-0.1, -0.05) is 97.8 Å². The van der Waals surface area contributed by atoms with Gasteiger partial charge in [-0.25, -0.2) is 0 Å². The summed E-state index contributed by atoms with van der Waals surface area (Å²) in [6.07, 6.45) is 17.8. The average Bonchev–Trinajstić information content (AvgIpc) is 2.56. The molecule has 0 radical (unpaired) electrons. The summed E-state index contributed by atoms with van der Waals surface area (Å²) in [6.45, 7) is 6.34. The van der Waals surface area contributed by atoms with Crippen molar-refractivity contribution in [2.45, 2.75) is 117 Å². The molecule has 0 aliphatic carbocycles. The molecular formula is C21H43NO2. The smallest absolute Gasteiger partial charge is 0.220 e. The number of amides is 1. The molecule has 0 aromatic carbocycles. The summed E-state index contributed by atoms with van der Waals surface area (Å²) in [5, 5.41) is 12.1. The number of carbonyl (C=O) groups excluding carboxylic acids is 1. The Balaban J connectivity index is 3.29. The number of hydrogen-bond donors (Lipinski definition) is 2. The predicted octanol–water partition coefficient (Wildman–Crippen LogP) is 5.60. The summed E-state index contributed by atoms with van der Waals surface area (Å²) >= 11 is 0. The van der Waals surface area contributed by atoms with Crippen molar-refractivity contribution in [3.8, 4) is 0 Å². The Morgan fingerprint density at radius 3 is 1.58 bits per heavy atom. The van der Waals surface area contributed by atoms with E-state index in [0.717, 1.165) is 12.8 Å². The lowest BCUT2D eigenvalue weighted by molar-refractivity contribution is -0.122. The Morgan fingerprint density at radius 2 is 1.21 bits per heavy atom. The van der Waals surface area contributed by atoms with Crippen LogP contribution < -0.4 is 5.32 Å². The first-order valence-corrected chi connectivity index (χ1v) is 10.5. The van der Waals surface area contributed by atoms with Crippen molar-refractivity contribution in [3.05, 3.63) is 0 Å². The zero-order chi connectivity index (χ0) is 18.0. The van der Waals surface area contributed by atoms with Crippen LogP contribution in [0.5, 0.6) is 0 Å². The molecule has 1 atom stereocenters. The lowest BCUT2D eigenvalue weighted by Crippen LogP contribution is -2.41. The van der Waals surface area contributed by atoms with Gasteiger partial charge in [0.05, 0.1) is 12.6 Å². The van der Waals surface area contributed by atoms with Crippen LogP contribution in [0.4, 0.5) is 0 Å². The van der Waals surface area contributed by atoms with E-state index in [1.807, 2.05) is 13.8 Å². The number of carbonyl (C=O) groups is 1. The second-order valence-corrected chi connectivity index (χ2v) is 7.59. The average molecular weight is 342 g/mol. The van der Waals surface area contributed by atoms with Gasteiger partial charge in [-0.05, 0) is 12.3 Å². The van der Waals surface area contributed by atoms with Crippen LogP contribution in [0.25, 0.3) is 0 Å². The van der Waals surface area contributed by atoms with Crippen molar-refractivity contribution in [2.75, 3.05) is 6.61 Å². The summed E-state index contributed by atoms with van der Waals surface area (Å²) in [7, 11) is 0. The number of hydrogen-bond acceptors (Lipinski definition) is 2. The summed E-state index contributed by atoms with van der Waals surface area (Å²) in [6, 6.07) is -0.0977. The van der Waals surface area contributed by atoms with E-state index in [9.17, 15) is 9.90 Å². The number of rotatable bonds is 17. The molecule has 0 spiro atoms. The van der Waals surface area contributed by atoms with Crippen molar-refractivity contribution < 1.29 is 9.90 Å². The van der Waals surface area contributed by atoms with Crippen LogP contribution in [0, 0.1) is 5.92 Å². The second-order valence-electron chi connectivity index (χ2n) is 7.59. The Bertz CT molecular complexity index is 279. The molecule has 0 aliphatic rings. The van der Waals surface area contributed by atoms with Crippen LogP contribution in [0.2, 0.25) is 0 Å². The molecule has 3 nitrogen and oxygen atoms in total. The van der Waals surface area contributed by atoms with Gasteiger partial charge in [0.2, 0.25) is 5.91 Å². The zero-order valence-corrected chi connectivity index (χ0v) is 16.6. The summed E-state index contributed by atoms with van der Waals surface area (Å²) in [5.41, 5.74) is 0. The number of aliphatic hydroxyl groups excluding tert-OH is 1. The maximum Gasteiger partial charge on any atom is 0.220 e. The lowest BCUT2D eigenvalue weighted by Gasteiger charge is -2.19. The van der Waals surface area contributed by atoms with Crippen LogP contribution in [-0.2, 0) is 4.79 Å². The molecule has 0 aliphatic heterocycles. The molecule has 0 heterocycles. The van der Waals surface area contributed by atoms with Gasteiger partial charge in [0.15, 0.2) is 0 Å². The predicted molar refractivity (Wildman–Crippen MR) is 104 cm³/mol. The van der Waals surface area contributed by atoms with E-state index >= 15 is 0 Å². The quantitative estimate of drug-likeness (QED) is 0.338. The molecule has 0 saturated carbocycles. The van der Waals surface area contributed by atoms with Crippen molar-refractivity contribution in [2.24, 2.45) is 5.92 Å². The van der Waals surface area contributed by atoms with Gasteiger partial charge in [-0.15, -0.1) is 0 Å². The van der Waals surface area contributed by atoms with Gasteiger partial charge in [0.1, 0.15) is 0 Å². The standard InChI is InChI=1S/C21H43NO2/c1-4-5-6-7-8-9-10-11-12-13-14-15-16-17-21(24)22-20(18-23)19(2)3/h19-20,23H,4-18H2,1-3H3,(H,22,24)/t20-/m1/s1. The highest BCUT2D eigenvalue weighted by molar-refractivity contribution is 5.76. The molecule has 3 heteroatoms. The Labute approximate surface area is 151 Å². The van der Waals surface area contributed by atoms with E-state index in [2.05, 4.69) is 12.2 Å². The molecule has 0 fully saturated rings. The SMILES string of the molecule is CCCCCCCCCCCCCCCC(=O)N[C@H](CO)C(C)C. The normalized spacial score (nSPS) is 12.5. The van der Waals surface area contributed by atoms with E-state index in [4.69, 9.17) is 0 Å². The Hall–Kier alpha value is -0.570. The van der Waals surface area contributed by atoms with Gasteiger partial charge >= 0.3 is 0 Å². The Kier molecular flexibility index (Phi) is 16.8. The third-order valence-corrected chi connectivity index (χ3v) is 4.86. The molecule has 0 rings (SSSR count). The minimum atomic E-state index is -0.0977. The van der Waals surface area contributed by atoms with E-state index in [1.54, 1.807) is 0 Å². The molecule has 0 aromatic rings. The molecule has 144 valence electrons. The van der Waals surface area contributed by atoms with Crippen molar-refractivity contribution in [3.63, 3.8) is 0 Å². The van der Waals surface area contributed by atoms with Gasteiger partial charge in [-0.3, -0.25) is 4.79 Å². The van der Waals surface area contributed by atoms with Gasteiger partial charge in [0, 0.05) is 6.42 Å². The summed E-state index contributed by atoms with van der Waals surface area (Å²) in [4.78, 5) is 11.8. The minimum Gasteiger partial charge on any atom is -0.394 e. The number of unbranched alkanes of at least 4 members (excludes halogenated alkanes) is 12. The van der Waals surface area contributed by atoms with Crippen LogP contribution in [0.3, 0.4) is 0 Å². The van der Waals surface area contributed by atoms with Crippen molar-refractivity contribution >= 4 is 5.91 Å². The van der Waals surface area contributed by atoms with Crippen LogP contribution >= 0.6 is 0 Å². The molecule has 0 unspecified atom stereocenters. The van der Waals surface area contributed by atoms with E-state index in [-0.39, 0.29) is 24.5 Å². The molecule has 1 amide bonds. The zero-order valence-electron chi connectivity index (χ0n) is 16.6. The number of aliphatic hydroxyl groups is 1. The van der Waals surface area contributed by atoms with E-state index in [0.29, 0.717) is 6.42 Å².